The number of nitrogens with zero attached hydrogens (tertiary/aromatic N) is 1. The molecule has 0 saturated heterocycles. The lowest BCUT2D eigenvalue weighted by Crippen LogP contribution is -1.82. The molecule has 1 aromatic heterocycles. The molecule has 0 amide bonds. The third kappa shape index (κ3) is 2.01. The topological polar surface area (TPSA) is 30.0 Å². The van der Waals surface area contributed by atoms with Gasteiger partial charge in [0.05, 0.1) is 10.6 Å². The second-order valence-electron chi connectivity index (χ2n) is 3.55. The number of thiazole rings is 1. The number of hydrogen-bond acceptors (Lipinski definition) is 3. The largest absolute Gasteiger partial charge is 0.297 e. The fourth-order valence-electron chi connectivity index (χ4n) is 1.50. The number of carbonyl (C=O) groups excluding carboxylic acids is 1. The van der Waals surface area contributed by atoms with Crippen molar-refractivity contribution in [2.24, 2.45) is 0 Å². The van der Waals surface area contributed by atoms with E-state index < -0.39 is 0 Å². The highest BCUT2D eigenvalue weighted by molar-refractivity contribution is 7.16. The summed E-state index contributed by atoms with van der Waals surface area (Å²) in [5, 5.41) is 1.58. The van der Waals surface area contributed by atoms with E-state index in [0.29, 0.717) is 9.90 Å². The van der Waals surface area contributed by atoms with E-state index in [1.54, 1.807) is 0 Å². The maximum Gasteiger partial charge on any atom is 0.161 e. The summed E-state index contributed by atoms with van der Waals surface area (Å²) in [4.78, 5) is 15.8. The Hall–Kier alpha value is -1.19. The zero-order valence-electron chi connectivity index (χ0n) is 8.95. The number of aryl methyl sites for hydroxylation is 2. The minimum Gasteiger partial charge on any atom is -0.297 e. The van der Waals surface area contributed by atoms with Gasteiger partial charge in [0.2, 0.25) is 0 Å². The molecule has 0 atom stereocenters. The van der Waals surface area contributed by atoms with Crippen molar-refractivity contribution < 1.29 is 4.79 Å². The van der Waals surface area contributed by atoms with Crippen LogP contribution in [-0.2, 0) is 0 Å². The zero-order valence-corrected chi connectivity index (χ0v) is 10.5. The standard InChI is InChI=1S/C12H10ClNOS/c1-7-5-9(13)3-4-10(7)12-14-8(2)11(6-15)16-12/h3-6H,1-2H3. The first-order chi connectivity index (χ1) is 7.61. The van der Waals surface area contributed by atoms with Crippen LogP contribution in [0.1, 0.15) is 20.9 Å². The summed E-state index contributed by atoms with van der Waals surface area (Å²) in [5.41, 5.74) is 2.88. The Morgan fingerprint density at radius 2 is 2.12 bits per heavy atom. The van der Waals surface area contributed by atoms with Gasteiger partial charge in [0.1, 0.15) is 5.01 Å². The number of carbonyl (C=O) groups is 1. The molecule has 2 rings (SSSR count). The molecule has 0 bridgehead atoms. The number of rotatable bonds is 2. The average Bonchev–Trinajstić information content (AvgIpc) is 2.59. The molecule has 0 spiro atoms. The molecule has 82 valence electrons. The van der Waals surface area contributed by atoms with Crippen molar-refractivity contribution >= 4 is 29.2 Å². The molecule has 1 heterocycles. The quantitative estimate of drug-likeness (QED) is 0.758. The molecule has 0 radical (unpaired) electrons. The van der Waals surface area contributed by atoms with Gasteiger partial charge < -0.3 is 0 Å². The van der Waals surface area contributed by atoms with E-state index in [0.717, 1.165) is 28.1 Å². The summed E-state index contributed by atoms with van der Waals surface area (Å²) in [6.07, 6.45) is 0.849. The van der Waals surface area contributed by atoms with Crippen LogP contribution >= 0.6 is 22.9 Å². The predicted molar refractivity (Wildman–Crippen MR) is 67.4 cm³/mol. The highest BCUT2D eigenvalue weighted by Crippen LogP contribution is 2.30. The van der Waals surface area contributed by atoms with Gasteiger partial charge in [-0.05, 0) is 31.5 Å². The van der Waals surface area contributed by atoms with Gasteiger partial charge in [-0.25, -0.2) is 4.98 Å². The molecular weight excluding hydrogens is 242 g/mol. The van der Waals surface area contributed by atoms with Gasteiger partial charge in [-0.1, -0.05) is 17.7 Å². The Kier molecular flexibility index (Phi) is 3.08. The van der Waals surface area contributed by atoms with Crippen LogP contribution in [0, 0.1) is 13.8 Å². The van der Waals surface area contributed by atoms with Crippen LogP contribution in [0.25, 0.3) is 10.6 Å². The molecule has 0 fully saturated rings. The molecule has 0 aliphatic rings. The summed E-state index contributed by atoms with van der Waals surface area (Å²) < 4.78 is 0. The van der Waals surface area contributed by atoms with Gasteiger partial charge >= 0.3 is 0 Å². The van der Waals surface area contributed by atoms with Gasteiger partial charge in [0.15, 0.2) is 6.29 Å². The van der Waals surface area contributed by atoms with Crippen LogP contribution in [0.5, 0.6) is 0 Å². The van der Waals surface area contributed by atoms with E-state index >= 15 is 0 Å². The summed E-state index contributed by atoms with van der Waals surface area (Å²) in [6, 6.07) is 5.67. The predicted octanol–water partition coefficient (Wildman–Crippen LogP) is 3.89. The van der Waals surface area contributed by atoms with Gasteiger partial charge in [-0.2, -0.15) is 0 Å². The van der Waals surface area contributed by atoms with Crippen LogP contribution in [0.3, 0.4) is 0 Å². The second-order valence-corrected chi connectivity index (χ2v) is 5.01. The molecular formula is C12H10ClNOS. The summed E-state index contributed by atoms with van der Waals surface area (Å²) >= 11 is 7.31. The van der Waals surface area contributed by atoms with Crippen molar-refractivity contribution in [2.45, 2.75) is 13.8 Å². The van der Waals surface area contributed by atoms with E-state index in [1.807, 2.05) is 32.0 Å². The van der Waals surface area contributed by atoms with Crippen molar-refractivity contribution in [3.63, 3.8) is 0 Å². The number of halogens is 1. The Bertz CT molecular complexity index is 548. The number of aromatic nitrogens is 1. The fourth-order valence-corrected chi connectivity index (χ4v) is 2.70. The smallest absolute Gasteiger partial charge is 0.161 e. The van der Waals surface area contributed by atoms with Crippen molar-refractivity contribution in [2.75, 3.05) is 0 Å². The third-order valence-corrected chi connectivity index (χ3v) is 3.71. The minimum atomic E-state index is 0.685. The van der Waals surface area contributed by atoms with E-state index in [9.17, 15) is 4.79 Å². The van der Waals surface area contributed by atoms with E-state index in [1.165, 1.54) is 11.3 Å². The molecule has 2 nitrogen and oxygen atoms in total. The van der Waals surface area contributed by atoms with Crippen LogP contribution in [-0.4, -0.2) is 11.3 Å². The molecule has 2 aromatic rings. The number of benzene rings is 1. The highest BCUT2D eigenvalue weighted by atomic mass is 35.5. The fraction of sp³-hybridized carbons (Fsp3) is 0.167. The highest BCUT2D eigenvalue weighted by Gasteiger charge is 2.10. The first kappa shape index (κ1) is 11.3. The normalized spacial score (nSPS) is 10.4. The molecule has 0 aliphatic carbocycles. The third-order valence-electron chi connectivity index (χ3n) is 2.36. The van der Waals surface area contributed by atoms with Crippen LogP contribution in [0.2, 0.25) is 5.02 Å². The molecule has 1 aromatic carbocycles. The summed E-state index contributed by atoms with van der Waals surface area (Å²) in [5.74, 6) is 0. The van der Waals surface area contributed by atoms with Gasteiger partial charge in [-0.15, -0.1) is 11.3 Å². The second kappa shape index (κ2) is 4.36. The van der Waals surface area contributed by atoms with Crippen molar-refractivity contribution in [1.82, 2.24) is 4.98 Å². The lowest BCUT2D eigenvalue weighted by atomic mass is 10.1. The first-order valence-corrected chi connectivity index (χ1v) is 6.00. The Morgan fingerprint density at radius 1 is 1.38 bits per heavy atom. The van der Waals surface area contributed by atoms with Crippen molar-refractivity contribution in [3.8, 4) is 10.6 Å². The Morgan fingerprint density at radius 3 is 2.69 bits per heavy atom. The molecule has 0 saturated carbocycles. The molecule has 16 heavy (non-hydrogen) atoms. The summed E-state index contributed by atoms with van der Waals surface area (Å²) in [7, 11) is 0. The summed E-state index contributed by atoms with van der Waals surface area (Å²) in [6.45, 7) is 3.83. The molecule has 4 heteroatoms. The maximum atomic E-state index is 10.8. The minimum absolute atomic E-state index is 0.685. The molecule has 0 N–H and O–H groups in total. The Labute approximate surface area is 103 Å². The molecule has 0 unspecified atom stereocenters. The Balaban J connectivity index is 2.54. The van der Waals surface area contributed by atoms with Gasteiger partial charge in [0.25, 0.3) is 0 Å². The molecule has 0 aliphatic heterocycles. The van der Waals surface area contributed by atoms with Crippen LogP contribution in [0.15, 0.2) is 18.2 Å². The SMILES string of the molecule is Cc1cc(Cl)ccc1-c1nc(C)c(C=O)s1. The number of hydrogen-bond donors (Lipinski definition) is 0. The first-order valence-electron chi connectivity index (χ1n) is 4.81. The lowest BCUT2D eigenvalue weighted by molar-refractivity contribution is 0.112. The van der Waals surface area contributed by atoms with Crippen molar-refractivity contribution in [3.05, 3.63) is 39.4 Å². The van der Waals surface area contributed by atoms with Gasteiger partial charge in [0, 0.05) is 10.6 Å². The van der Waals surface area contributed by atoms with E-state index in [-0.39, 0.29) is 0 Å². The van der Waals surface area contributed by atoms with Crippen LogP contribution in [0.4, 0.5) is 0 Å². The van der Waals surface area contributed by atoms with Crippen molar-refractivity contribution in [1.29, 1.82) is 0 Å². The average molecular weight is 252 g/mol. The number of aldehydes is 1. The van der Waals surface area contributed by atoms with E-state index in [4.69, 9.17) is 11.6 Å². The zero-order chi connectivity index (χ0) is 11.7. The lowest BCUT2D eigenvalue weighted by Gasteiger charge is -2.01. The van der Waals surface area contributed by atoms with E-state index in [2.05, 4.69) is 4.98 Å². The van der Waals surface area contributed by atoms with Crippen LogP contribution < -0.4 is 0 Å². The monoisotopic (exact) mass is 251 g/mol. The maximum absolute atomic E-state index is 10.8. The van der Waals surface area contributed by atoms with Gasteiger partial charge in [-0.3, -0.25) is 4.79 Å².